The minimum Gasteiger partial charge on any atom is -0.497 e. The molecular weight excluding hydrogens is 386 g/mol. The molecule has 0 aromatic heterocycles. The van der Waals surface area contributed by atoms with E-state index in [0.29, 0.717) is 17.8 Å². The summed E-state index contributed by atoms with van der Waals surface area (Å²) in [6.45, 7) is 3.11. The quantitative estimate of drug-likeness (QED) is 0.756. The zero-order valence-electron chi connectivity index (χ0n) is 13.2. The third-order valence-corrected chi connectivity index (χ3v) is 6.01. The lowest BCUT2D eigenvalue weighted by Crippen LogP contribution is -2.48. The maximum atomic E-state index is 6.10. The summed E-state index contributed by atoms with van der Waals surface area (Å²) in [4.78, 5) is 2.46. The van der Waals surface area contributed by atoms with Crippen LogP contribution < -0.4 is 9.47 Å². The summed E-state index contributed by atoms with van der Waals surface area (Å²) in [6, 6.07) is 4.15. The van der Waals surface area contributed by atoms with Gasteiger partial charge in [-0.25, -0.2) is 0 Å². The molecule has 0 aliphatic carbocycles. The maximum absolute atomic E-state index is 6.10. The van der Waals surface area contributed by atoms with E-state index in [4.69, 9.17) is 9.47 Å². The average molecular weight is 409 g/mol. The molecule has 0 N–H and O–H groups in total. The first-order valence-corrected chi connectivity index (χ1v) is 9.50. The summed E-state index contributed by atoms with van der Waals surface area (Å²) in [5.74, 6) is 4.96. The minimum atomic E-state index is 0. The number of fused-ring (bicyclic) bond motifs is 3. The van der Waals surface area contributed by atoms with E-state index in [2.05, 4.69) is 40.2 Å². The first-order valence-electron chi connectivity index (χ1n) is 7.31. The van der Waals surface area contributed by atoms with Gasteiger partial charge in [-0.15, -0.1) is 12.4 Å². The van der Waals surface area contributed by atoms with Crippen molar-refractivity contribution < 1.29 is 9.47 Å². The second-order valence-electron chi connectivity index (χ2n) is 6.05. The molecule has 2 aliphatic heterocycles. The van der Waals surface area contributed by atoms with Crippen LogP contribution in [0.4, 0.5) is 0 Å². The van der Waals surface area contributed by atoms with Crippen molar-refractivity contribution >= 4 is 40.1 Å². The number of halogens is 2. The van der Waals surface area contributed by atoms with E-state index in [-0.39, 0.29) is 12.4 Å². The molecule has 1 fully saturated rings. The third kappa shape index (κ3) is 3.37. The molecule has 6 heteroatoms. The van der Waals surface area contributed by atoms with Gasteiger partial charge >= 0.3 is 0 Å². The molecule has 0 amide bonds. The number of likely N-dealkylation sites (N-methyl/N-ethyl adjacent to an activating group) is 1. The van der Waals surface area contributed by atoms with Gasteiger partial charge in [0.05, 0.1) is 18.2 Å². The molecule has 1 aromatic carbocycles. The summed E-state index contributed by atoms with van der Waals surface area (Å²) in [6.07, 6.45) is 2.20. The molecule has 2 heterocycles. The molecule has 3 nitrogen and oxygen atoms in total. The van der Waals surface area contributed by atoms with Gasteiger partial charge in [-0.1, -0.05) is 0 Å². The van der Waals surface area contributed by atoms with Crippen LogP contribution in [-0.4, -0.2) is 50.8 Å². The van der Waals surface area contributed by atoms with Crippen LogP contribution in [0.15, 0.2) is 16.6 Å². The minimum absolute atomic E-state index is 0. The average Bonchev–Trinajstić information content (AvgIpc) is 2.47. The fourth-order valence-electron chi connectivity index (χ4n) is 3.70. The van der Waals surface area contributed by atoms with Crippen molar-refractivity contribution in [2.75, 3.05) is 45.9 Å². The second kappa shape index (κ2) is 7.65. The van der Waals surface area contributed by atoms with Crippen LogP contribution in [0.3, 0.4) is 0 Å². The van der Waals surface area contributed by atoms with Crippen LogP contribution in [0.5, 0.6) is 11.5 Å². The lowest BCUT2D eigenvalue weighted by Gasteiger charge is -2.45. The predicted molar refractivity (Wildman–Crippen MR) is 99.0 cm³/mol. The highest BCUT2D eigenvalue weighted by molar-refractivity contribution is 9.10. The monoisotopic (exact) mass is 407 g/mol. The van der Waals surface area contributed by atoms with Gasteiger partial charge in [0.1, 0.15) is 11.5 Å². The van der Waals surface area contributed by atoms with Crippen molar-refractivity contribution in [2.45, 2.75) is 5.92 Å². The highest BCUT2D eigenvalue weighted by Gasteiger charge is 2.41. The molecule has 3 atom stereocenters. The molecule has 0 unspecified atom stereocenters. The molecule has 0 bridgehead atoms. The Bertz CT molecular complexity index is 531. The Hall–Kier alpha value is -0.100. The van der Waals surface area contributed by atoms with Crippen molar-refractivity contribution in [3.05, 3.63) is 22.2 Å². The first-order chi connectivity index (χ1) is 10.1. The summed E-state index contributed by atoms with van der Waals surface area (Å²) in [5, 5.41) is 0. The molecule has 1 aromatic rings. The van der Waals surface area contributed by atoms with E-state index in [1.165, 1.54) is 17.9 Å². The van der Waals surface area contributed by atoms with Crippen molar-refractivity contribution in [1.82, 2.24) is 4.90 Å². The van der Waals surface area contributed by atoms with Gasteiger partial charge < -0.3 is 14.4 Å². The smallest absolute Gasteiger partial charge is 0.137 e. The molecule has 0 spiro atoms. The first kappa shape index (κ1) is 18.2. The molecule has 0 saturated carbocycles. The van der Waals surface area contributed by atoms with Crippen LogP contribution in [0.2, 0.25) is 0 Å². The highest BCUT2D eigenvalue weighted by Crippen LogP contribution is 2.48. The number of ether oxygens (including phenoxy) is 2. The number of rotatable bonds is 3. The standard InChI is InChI=1S/C16H22BrNO2S.ClH/c1-18-6-10(9-21-3)14-8-20-16-12(13(14)7-18)4-11(19-2)5-15(16)17;/h4-5,10,13-14H,6-9H2,1-3H3;1H/t10-,13+,14-;/m1./s1. The fraction of sp³-hybridized carbons (Fsp3) is 0.625. The SMILES string of the molecule is COc1cc(Br)c2c(c1)[C@@H]1CN(C)C[C@H](CSC)[C@H]1CO2.Cl. The number of hydrogen-bond acceptors (Lipinski definition) is 4. The highest BCUT2D eigenvalue weighted by atomic mass is 79.9. The summed E-state index contributed by atoms with van der Waals surface area (Å²) < 4.78 is 12.5. The van der Waals surface area contributed by atoms with Gasteiger partial charge in [-0.05, 0) is 53.0 Å². The molecular formula is C16H23BrClNO2S. The largest absolute Gasteiger partial charge is 0.497 e. The third-order valence-electron chi connectivity index (χ3n) is 4.66. The van der Waals surface area contributed by atoms with Gasteiger partial charge in [0, 0.05) is 30.5 Å². The van der Waals surface area contributed by atoms with E-state index in [9.17, 15) is 0 Å². The zero-order chi connectivity index (χ0) is 15.0. The Kier molecular flexibility index (Phi) is 6.34. The van der Waals surface area contributed by atoms with Crippen molar-refractivity contribution in [1.29, 1.82) is 0 Å². The number of likely N-dealkylation sites (tertiary alicyclic amines) is 1. The van der Waals surface area contributed by atoms with E-state index < -0.39 is 0 Å². The Labute approximate surface area is 151 Å². The molecule has 2 aliphatic rings. The number of thioether (sulfide) groups is 1. The van der Waals surface area contributed by atoms with Gasteiger partial charge in [0.15, 0.2) is 0 Å². The lowest BCUT2D eigenvalue weighted by molar-refractivity contribution is 0.0698. The lowest BCUT2D eigenvalue weighted by atomic mass is 9.74. The van der Waals surface area contributed by atoms with E-state index >= 15 is 0 Å². The number of nitrogens with zero attached hydrogens (tertiary/aromatic N) is 1. The van der Waals surface area contributed by atoms with Gasteiger partial charge in [-0.3, -0.25) is 0 Å². The maximum Gasteiger partial charge on any atom is 0.137 e. The van der Waals surface area contributed by atoms with E-state index in [0.717, 1.165) is 29.1 Å². The zero-order valence-corrected chi connectivity index (χ0v) is 16.4. The predicted octanol–water partition coefficient (Wildman–Crippen LogP) is 3.90. The Morgan fingerprint density at radius 3 is 2.86 bits per heavy atom. The molecule has 1 saturated heterocycles. The summed E-state index contributed by atoms with van der Waals surface area (Å²) >= 11 is 5.57. The van der Waals surface area contributed by atoms with Crippen LogP contribution in [0.1, 0.15) is 11.5 Å². The molecule has 0 radical (unpaired) electrons. The number of benzene rings is 1. The van der Waals surface area contributed by atoms with Crippen molar-refractivity contribution in [2.24, 2.45) is 11.8 Å². The van der Waals surface area contributed by atoms with Crippen molar-refractivity contribution in [3.63, 3.8) is 0 Å². The Morgan fingerprint density at radius 2 is 2.18 bits per heavy atom. The van der Waals surface area contributed by atoms with Crippen LogP contribution >= 0.6 is 40.1 Å². The number of methoxy groups -OCH3 is 1. The number of hydrogen-bond donors (Lipinski definition) is 0. The summed E-state index contributed by atoms with van der Waals surface area (Å²) in [7, 11) is 3.95. The summed E-state index contributed by atoms with van der Waals surface area (Å²) in [5.41, 5.74) is 1.30. The van der Waals surface area contributed by atoms with Crippen LogP contribution in [-0.2, 0) is 0 Å². The van der Waals surface area contributed by atoms with E-state index in [1.807, 2.05) is 17.8 Å². The van der Waals surface area contributed by atoms with Gasteiger partial charge in [0.2, 0.25) is 0 Å². The molecule has 22 heavy (non-hydrogen) atoms. The van der Waals surface area contributed by atoms with Gasteiger partial charge in [-0.2, -0.15) is 11.8 Å². The molecule has 3 rings (SSSR count). The normalized spacial score (nSPS) is 27.2. The molecule has 124 valence electrons. The Morgan fingerprint density at radius 1 is 1.41 bits per heavy atom. The second-order valence-corrected chi connectivity index (χ2v) is 7.81. The van der Waals surface area contributed by atoms with Crippen LogP contribution in [0.25, 0.3) is 0 Å². The number of piperidine rings is 1. The van der Waals surface area contributed by atoms with Crippen molar-refractivity contribution in [3.8, 4) is 11.5 Å². The van der Waals surface area contributed by atoms with E-state index in [1.54, 1.807) is 7.11 Å². The van der Waals surface area contributed by atoms with Crippen LogP contribution in [0, 0.1) is 11.8 Å². The van der Waals surface area contributed by atoms with Gasteiger partial charge in [0.25, 0.3) is 0 Å². The topological polar surface area (TPSA) is 21.7 Å². The fourth-order valence-corrected chi connectivity index (χ4v) is 5.05. The Balaban J connectivity index is 0.00000176.